The number of benzene rings is 1. The third-order valence-electron chi connectivity index (χ3n) is 3.12. The van der Waals surface area contributed by atoms with E-state index >= 15 is 0 Å². The molecular formula is C13H15NO2. The molecule has 0 radical (unpaired) electrons. The number of rotatable bonds is 2. The van der Waals surface area contributed by atoms with E-state index in [1.165, 1.54) is 6.42 Å². The lowest BCUT2D eigenvalue weighted by Gasteiger charge is -2.35. The van der Waals surface area contributed by atoms with E-state index in [9.17, 15) is 0 Å². The van der Waals surface area contributed by atoms with Gasteiger partial charge < -0.3 is 15.2 Å². The van der Waals surface area contributed by atoms with Crippen LogP contribution in [0.2, 0.25) is 0 Å². The Balaban J connectivity index is 1.85. The number of nitrogens with two attached hydrogens (primary N) is 1. The second-order valence-corrected chi connectivity index (χ2v) is 4.31. The van der Waals surface area contributed by atoms with Crippen LogP contribution >= 0.6 is 0 Å². The first-order chi connectivity index (χ1) is 7.81. The molecule has 16 heavy (non-hydrogen) atoms. The Bertz CT molecular complexity index is 436. The average Bonchev–Trinajstić information content (AvgIpc) is 2.64. The van der Waals surface area contributed by atoms with E-state index in [0.717, 1.165) is 29.9 Å². The van der Waals surface area contributed by atoms with Gasteiger partial charge in [-0.25, -0.2) is 0 Å². The average molecular weight is 217 g/mol. The summed E-state index contributed by atoms with van der Waals surface area (Å²) in [4.78, 5) is 0. The lowest BCUT2D eigenvalue weighted by atomic mass is 9.91. The zero-order valence-electron chi connectivity index (χ0n) is 9.11. The van der Waals surface area contributed by atoms with Crippen LogP contribution in [0.5, 0.6) is 11.5 Å². The molecule has 0 aromatic heterocycles. The molecule has 1 aliphatic heterocycles. The minimum atomic E-state index is -0.335. The van der Waals surface area contributed by atoms with Crippen LogP contribution in [0.1, 0.15) is 24.8 Å². The molecule has 1 aromatic rings. The van der Waals surface area contributed by atoms with Gasteiger partial charge in [0, 0.05) is 19.4 Å². The van der Waals surface area contributed by atoms with Crippen molar-refractivity contribution in [1.29, 1.82) is 0 Å². The summed E-state index contributed by atoms with van der Waals surface area (Å²) in [6.45, 7) is 0.554. The summed E-state index contributed by atoms with van der Waals surface area (Å²) in [6, 6.07) is 6.00. The molecule has 1 aliphatic carbocycles. The van der Waals surface area contributed by atoms with Gasteiger partial charge in [0.1, 0.15) is 0 Å². The SMILES string of the molecule is NC/C=C/c1ccc2c(c1)OC1(CCC1)O2. The number of hydrogen-bond donors (Lipinski definition) is 1. The standard InChI is InChI=1S/C13H15NO2/c14-8-1-3-10-4-5-11-12(9-10)16-13(15-11)6-2-7-13/h1,3-5,9H,2,6-8,14H2/b3-1+. The van der Waals surface area contributed by atoms with Crippen molar-refractivity contribution in [2.24, 2.45) is 5.73 Å². The fourth-order valence-electron chi connectivity index (χ4n) is 2.09. The van der Waals surface area contributed by atoms with Crippen molar-refractivity contribution < 1.29 is 9.47 Å². The molecule has 2 N–H and O–H groups in total. The quantitative estimate of drug-likeness (QED) is 0.826. The molecule has 84 valence electrons. The number of ether oxygens (including phenoxy) is 2. The predicted octanol–water partition coefficient (Wildman–Crippen LogP) is 2.31. The molecule has 1 aromatic carbocycles. The van der Waals surface area contributed by atoms with E-state index < -0.39 is 0 Å². The summed E-state index contributed by atoms with van der Waals surface area (Å²) in [5.41, 5.74) is 6.52. The molecule has 1 heterocycles. The summed E-state index contributed by atoms with van der Waals surface area (Å²) in [5.74, 6) is 1.39. The van der Waals surface area contributed by atoms with Gasteiger partial charge in [-0.15, -0.1) is 0 Å². The van der Waals surface area contributed by atoms with Crippen LogP contribution in [0.15, 0.2) is 24.3 Å². The molecule has 0 saturated heterocycles. The Morgan fingerprint density at radius 1 is 1.25 bits per heavy atom. The molecule has 3 rings (SSSR count). The Kier molecular flexibility index (Phi) is 2.14. The second kappa shape index (κ2) is 3.52. The third kappa shape index (κ3) is 1.48. The molecule has 1 spiro atoms. The van der Waals surface area contributed by atoms with Crippen LogP contribution in [0.25, 0.3) is 6.08 Å². The van der Waals surface area contributed by atoms with Crippen molar-refractivity contribution in [1.82, 2.24) is 0 Å². The van der Waals surface area contributed by atoms with Gasteiger partial charge in [-0.3, -0.25) is 0 Å². The lowest BCUT2D eigenvalue weighted by molar-refractivity contribution is -0.138. The van der Waals surface area contributed by atoms with Gasteiger partial charge in [-0.2, -0.15) is 0 Å². The highest BCUT2D eigenvalue weighted by Gasteiger charge is 2.46. The number of hydrogen-bond acceptors (Lipinski definition) is 3. The predicted molar refractivity (Wildman–Crippen MR) is 62.4 cm³/mol. The minimum absolute atomic E-state index is 0.335. The molecule has 1 fully saturated rings. The van der Waals surface area contributed by atoms with E-state index in [1.54, 1.807) is 0 Å². The summed E-state index contributed by atoms with van der Waals surface area (Å²) in [5, 5.41) is 0. The van der Waals surface area contributed by atoms with Gasteiger partial charge in [0.15, 0.2) is 11.5 Å². The van der Waals surface area contributed by atoms with E-state index in [0.29, 0.717) is 6.54 Å². The first-order valence-electron chi connectivity index (χ1n) is 5.70. The van der Waals surface area contributed by atoms with Crippen molar-refractivity contribution >= 4 is 6.08 Å². The summed E-state index contributed by atoms with van der Waals surface area (Å²) >= 11 is 0. The smallest absolute Gasteiger partial charge is 0.251 e. The highest BCUT2D eigenvalue weighted by atomic mass is 16.7. The van der Waals surface area contributed by atoms with Gasteiger partial charge in [-0.05, 0) is 24.1 Å². The van der Waals surface area contributed by atoms with Crippen molar-refractivity contribution in [3.05, 3.63) is 29.8 Å². The lowest BCUT2D eigenvalue weighted by Crippen LogP contribution is -2.45. The second-order valence-electron chi connectivity index (χ2n) is 4.31. The van der Waals surface area contributed by atoms with E-state index in [2.05, 4.69) is 0 Å². The summed E-state index contributed by atoms with van der Waals surface area (Å²) in [6.07, 6.45) is 7.10. The fourth-order valence-corrected chi connectivity index (χ4v) is 2.09. The highest BCUT2D eigenvalue weighted by molar-refractivity contribution is 5.57. The van der Waals surface area contributed by atoms with Crippen LogP contribution in [-0.4, -0.2) is 12.3 Å². The van der Waals surface area contributed by atoms with Crippen molar-refractivity contribution in [3.8, 4) is 11.5 Å². The van der Waals surface area contributed by atoms with Gasteiger partial charge in [0.2, 0.25) is 0 Å². The first-order valence-corrected chi connectivity index (χ1v) is 5.70. The van der Waals surface area contributed by atoms with E-state index in [1.807, 2.05) is 30.4 Å². The molecular weight excluding hydrogens is 202 g/mol. The molecule has 3 nitrogen and oxygen atoms in total. The van der Waals surface area contributed by atoms with E-state index in [4.69, 9.17) is 15.2 Å². The van der Waals surface area contributed by atoms with Crippen molar-refractivity contribution in [3.63, 3.8) is 0 Å². The number of fused-ring (bicyclic) bond motifs is 1. The third-order valence-corrected chi connectivity index (χ3v) is 3.12. The summed E-state index contributed by atoms with van der Waals surface area (Å²) in [7, 11) is 0. The van der Waals surface area contributed by atoms with Gasteiger partial charge in [-0.1, -0.05) is 18.2 Å². The van der Waals surface area contributed by atoms with E-state index in [-0.39, 0.29) is 5.79 Å². The fraction of sp³-hybridized carbons (Fsp3) is 0.385. The van der Waals surface area contributed by atoms with Gasteiger partial charge in [0.25, 0.3) is 5.79 Å². The Morgan fingerprint density at radius 3 is 2.75 bits per heavy atom. The molecule has 0 atom stereocenters. The molecule has 0 unspecified atom stereocenters. The van der Waals surface area contributed by atoms with Crippen molar-refractivity contribution in [2.45, 2.75) is 25.0 Å². The van der Waals surface area contributed by atoms with Crippen LogP contribution < -0.4 is 15.2 Å². The largest absolute Gasteiger partial charge is 0.448 e. The highest BCUT2D eigenvalue weighted by Crippen LogP contribution is 2.48. The maximum Gasteiger partial charge on any atom is 0.251 e. The minimum Gasteiger partial charge on any atom is -0.448 e. The molecule has 0 amide bonds. The Morgan fingerprint density at radius 2 is 2.06 bits per heavy atom. The normalized spacial score (nSPS) is 20.3. The van der Waals surface area contributed by atoms with Gasteiger partial charge in [0.05, 0.1) is 0 Å². The molecule has 1 saturated carbocycles. The van der Waals surface area contributed by atoms with Gasteiger partial charge >= 0.3 is 0 Å². The maximum absolute atomic E-state index is 5.86. The maximum atomic E-state index is 5.86. The molecule has 3 heteroatoms. The van der Waals surface area contributed by atoms with Crippen LogP contribution in [0.3, 0.4) is 0 Å². The topological polar surface area (TPSA) is 44.5 Å². The van der Waals surface area contributed by atoms with Crippen LogP contribution in [0.4, 0.5) is 0 Å². The van der Waals surface area contributed by atoms with Crippen LogP contribution in [-0.2, 0) is 0 Å². The zero-order valence-corrected chi connectivity index (χ0v) is 9.11. The van der Waals surface area contributed by atoms with Crippen molar-refractivity contribution in [2.75, 3.05) is 6.54 Å². The molecule has 0 bridgehead atoms. The molecule has 2 aliphatic rings. The Labute approximate surface area is 94.9 Å². The Hall–Kier alpha value is -1.48. The first kappa shape index (κ1) is 9.73. The zero-order chi connectivity index (χ0) is 11.0. The summed E-state index contributed by atoms with van der Waals surface area (Å²) < 4.78 is 11.7. The monoisotopic (exact) mass is 217 g/mol. The van der Waals surface area contributed by atoms with Crippen LogP contribution in [0, 0.1) is 0 Å².